The third-order valence-corrected chi connectivity index (χ3v) is 3.83. The Labute approximate surface area is 135 Å². The molecule has 1 fully saturated rings. The molecule has 0 radical (unpaired) electrons. The summed E-state index contributed by atoms with van der Waals surface area (Å²) in [7, 11) is 2.91. The summed E-state index contributed by atoms with van der Waals surface area (Å²) in [5, 5.41) is 16.1. The SMILES string of the molecule is CNC(=O)[C@@H]1CCCN(C(=O)[C@H](C)NC(=O)[C@@H](O)C(C)OC)N1. The minimum absolute atomic E-state index is 0.191. The van der Waals surface area contributed by atoms with Crippen molar-refractivity contribution in [3.8, 4) is 0 Å². The lowest BCUT2D eigenvalue weighted by atomic mass is 10.1. The number of methoxy groups -OCH3 is 1. The minimum Gasteiger partial charge on any atom is -0.381 e. The number of hydrogen-bond acceptors (Lipinski definition) is 6. The molecular formula is C14H26N4O5. The molecule has 0 saturated carbocycles. The minimum atomic E-state index is -1.36. The second kappa shape index (κ2) is 8.80. The number of ether oxygens (including phenoxy) is 1. The molecule has 0 spiro atoms. The standard InChI is InChI=1S/C14H26N4O5/c1-8(16-13(21)11(19)9(2)23-4)14(22)18-7-5-6-10(17-18)12(20)15-3/h8-11,17,19H,5-7H2,1-4H3,(H,15,20)(H,16,21)/t8-,9?,10-,11-/m0/s1. The second-order valence-electron chi connectivity index (χ2n) is 5.54. The van der Waals surface area contributed by atoms with Crippen molar-refractivity contribution in [3.05, 3.63) is 0 Å². The van der Waals surface area contributed by atoms with Gasteiger partial charge in [-0.15, -0.1) is 0 Å². The monoisotopic (exact) mass is 330 g/mol. The summed E-state index contributed by atoms with van der Waals surface area (Å²) in [5.41, 5.74) is 2.85. The van der Waals surface area contributed by atoms with Gasteiger partial charge in [0.15, 0.2) is 6.10 Å². The first-order chi connectivity index (χ1) is 10.8. The number of aliphatic hydroxyl groups excluding tert-OH is 1. The predicted molar refractivity (Wildman–Crippen MR) is 82.0 cm³/mol. The van der Waals surface area contributed by atoms with E-state index in [1.54, 1.807) is 6.92 Å². The lowest BCUT2D eigenvalue weighted by Crippen LogP contribution is -2.61. The van der Waals surface area contributed by atoms with Gasteiger partial charge < -0.3 is 20.5 Å². The Morgan fingerprint density at radius 3 is 2.57 bits per heavy atom. The highest BCUT2D eigenvalue weighted by Crippen LogP contribution is 2.09. The van der Waals surface area contributed by atoms with Crippen molar-refractivity contribution in [2.45, 2.75) is 51.0 Å². The average molecular weight is 330 g/mol. The van der Waals surface area contributed by atoms with Gasteiger partial charge in [-0.2, -0.15) is 0 Å². The maximum atomic E-state index is 12.4. The van der Waals surface area contributed by atoms with Crippen LogP contribution in [0.4, 0.5) is 0 Å². The number of carbonyl (C=O) groups is 3. The summed E-state index contributed by atoms with van der Waals surface area (Å²) >= 11 is 0. The van der Waals surface area contributed by atoms with Crippen LogP contribution in [-0.4, -0.2) is 72.8 Å². The number of hydrazine groups is 1. The molecule has 23 heavy (non-hydrogen) atoms. The fourth-order valence-electron chi connectivity index (χ4n) is 2.24. The van der Waals surface area contributed by atoms with Gasteiger partial charge in [0.1, 0.15) is 12.1 Å². The Hall–Kier alpha value is -1.71. The van der Waals surface area contributed by atoms with E-state index in [0.717, 1.165) is 0 Å². The third-order valence-electron chi connectivity index (χ3n) is 3.83. The van der Waals surface area contributed by atoms with Crippen molar-refractivity contribution in [2.24, 2.45) is 0 Å². The number of rotatable bonds is 6. The first-order valence-corrected chi connectivity index (χ1v) is 7.62. The van der Waals surface area contributed by atoms with Gasteiger partial charge in [-0.3, -0.25) is 19.4 Å². The normalized spacial score (nSPS) is 22.0. The van der Waals surface area contributed by atoms with E-state index in [0.29, 0.717) is 19.4 Å². The molecule has 4 N–H and O–H groups in total. The van der Waals surface area contributed by atoms with Crippen molar-refractivity contribution in [3.63, 3.8) is 0 Å². The van der Waals surface area contributed by atoms with E-state index in [4.69, 9.17) is 4.74 Å². The van der Waals surface area contributed by atoms with E-state index in [9.17, 15) is 19.5 Å². The molecule has 1 saturated heterocycles. The Balaban J connectivity index is 2.59. The van der Waals surface area contributed by atoms with E-state index in [2.05, 4.69) is 16.1 Å². The van der Waals surface area contributed by atoms with Crippen LogP contribution in [0, 0.1) is 0 Å². The number of aliphatic hydroxyl groups is 1. The summed E-state index contributed by atoms with van der Waals surface area (Å²) < 4.78 is 4.88. The van der Waals surface area contributed by atoms with Crippen LogP contribution in [0.2, 0.25) is 0 Å². The second-order valence-corrected chi connectivity index (χ2v) is 5.54. The lowest BCUT2D eigenvalue weighted by molar-refractivity contribution is -0.145. The Morgan fingerprint density at radius 1 is 1.35 bits per heavy atom. The van der Waals surface area contributed by atoms with E-state index in [1.807, 2.05) is 0 Å². The molecule has 4 atom stereocenters. The Kier molecular flexibility index (Phi) is 7.40. The highest BCUT2D eigenvalue weighted by atomic mass is 16.5. The zero-order valence-electron chi connectivity index (χ0n) is 14.0. The van der Waals surface area contributed by atoms with Crippen molar-refractivity contribution in [2.75, 3.05) is 20.7 Å². The van der Waals surface area contributed by atoms with Crippen LogP contribution >= 0.6 is 0 Å². The molecule has 9 heteroatoms. The summed E-state index contributed by atoms with van der Waals surface area (Å²) in [6.07, 6.45) is -0.721. The van der Waals surface area contributed by atoms with Crippen molar-refractivity contribution in [1.82, 2.24) is 21.1 Å². The van der Waals surface area contributed by atoms with E-state index < -0.39 is 30.2 Å². The lowest BCUT2D eigenvalue weighted by Gasteiger charge is -2.34. The van der Waals surface area contributed by atoms with Gasteiger partial charge in [0.05, 0.1) is 6.10 Å². The van der Waals surface area contributed by atoms with E-state index >= 15 is 0 Å². The first kappa shape index (κ1) is 19.3. The molecule has 9 nitrogen and oxygen atoms in total. The number of amides is 3. The third kappa shape index (κ3) is 5.15. The van der Waals surface area contributed by atoms with Crippen LogP contribution in [0.1, 0.15) is 26.7 Å². The van der Waals surface area contributed by atoms with Gasteiger partial charge in [0.25, 0.3) is 11.8 Å². The van der Waals surface area contributed by atoms with Gasteiger partial charge in [0, 0.05) is 20.7 Å². The molecule has 1 aliphatic rings. The molecule has 1 unspecified atom stereocenters. The fourth-order valence-corrected chi connectivity index (χ4v) is 2.24. The molecule has 1 heterocycles. The molecule has 132 valence electrons. The quantitative estimate of drug-likeness (QED) is 0.453. The number of nitrogens with zero attached hydrogens (tertiary/aromatic N) is 1. The molecule has 0 aliphatic carbocycles. The molecular weight excluding hydrogens is 304 g/mol. The molecule has 0 aromatic rings. The van der Waals surface area contributed by atoms with Gasteiger partial charge in [-0.05, 0) is 26.7 Å². The van der Waals surface area contributed by atoms with Crippen LogP contribution in [0.25, 0.3) is 0 Å². The number of nitrogens with one attached hydrogen (secondary N) is 3. The van der Waals surface area contributed by atoms with Crippen molar-refractivity contribution in [1.29, 1.82) is 0 Å². The maximum absolute atomic E-state index is 12.4. The first-order valence-electron chi connectivity index (χ1n) is 7.62. The highest BCUT2D eigenvalue weighted by Gasteiger charge is 2.31. The van der Waals surface area contributed by atoms with Crippen LogP contribution in [0.15, 0.2) is 0 Å². The average Bonchev–Trinajstić information content (AvgIpc) is 2.58. The van der Waals surface area contributed by atoms with E-state index in [1.165, 1.54) is 26.1 Å². The van der Waals surface area contributed by atoms with E-state index in [-0.39, 0.29) is 11.8 Å². The zero-order chi connectivity index (χ0) is 17.6. The Bertz CT molecular complexity index is 445. The molecule has 1 aliphatic heterocycles. The number of carbonyl (C=O) groups excluding carboxylic acids is 3. The van der Waals surface area contributed by atoms with Crippen molar-refractivity contribution >= 4 is 17.7 Å². The van der Waals surface area contributed by atoms with Gasteiger partial charge in [-0.25, -0.2) is 5.43 Å². The maximum Gasteiger partial charge on any atom is 0.258 e. The molecule has 3 amide bonds. The topological polar surface area (TPSA) is 120 Å². The molecule has 0 bridgehead atoms. The number of likely N-dealkylation sites (N-methyl/N-ethyl adjacent to an activating group) is 1. The van der Waals surface area contributed by atoms with Crippen LogP contribution in [-0.2, 0) is 19.1 Å². The predicted octanol–water partition coefficient (Wildman–Crippen LogP) is -1.87. The van der Waals surface area contributed by atoms with Crippen LogP contribution in [0.5, 0.6) is 0 Å². The number of hydrogen-bond donors (Lipinski definition) is 4. The fraction of sp³-hybridized carbons (Fsp3) is 0.786. The molecule has 0 aromatic heterocycles. The van der Waals surface area contributed by atoms with Gasteiger partial charge in [-0.1, -0.05) is 0 Å². The summed E-state index contributed by atoms with van der Waals surface area (Å²) in [6.45, 7) is 3.52. The Morgan fingerprint density at radius 2 is 2.00 bits per heavy atom. The van der Waals surface area contributed by atoms with Crippen LogP contribution in [0.3, 0.4) is 0 Å². The molecule has 0 aromatic carbocycles. The summed E-state index contributed by atoms with van der Waals surface area (Å²) in [5.74, 6) is -1.24. The smallest absolute Gasteiger partial charge is 0.258 e. The van der Waals surface area contributed by atoms with Gasteiger partial charge in [0.2, 0.25) is 5.91 Å². The van der Waals surface area contributed by atoms with Crippen molar-refractivity contribution < 1.29 is 24.2 Å². The highest BCUT2D eigenvalue weighted by molar-refractivity contribution is 5.89. The zero-order valence-corrected chi connectivity index (χ0v) is 14.0. The summed E-state index contributed by atoms with van der Waals surface area (Å²) in [6, 6.07) is -1.31. The van der Waals surface area contributed by atoms with Crippen LogP contribution < -0.4 is 16.1 Å². The van der Waals surface area contributed by atoms with Gasteiger partial charge >= 0.3 is 0 Å². The molecule has 1 rings (SSSR count). The summed E-state index contributed by atoms with van der Waals surface area (Å²) in [4.78, 5) is 35.9. The largest absolute Gasteiger partial charge is 0.381 e.